The van der Waals surface area contributed by atoms with Crippen LogP contribution in [0.5, 0.6) is 0 Å². The molecule has 0 unspecified atom stereocenters. The zero-order valence-corrected chi connectivity index (χ0v) is 14.3. The van der Waals surface area contributed by atoms with E-state index in [1.807, 2.05) is 18.2 Å². The van der Waals surface area contributed by atoms with E-state index in [2.05, 4.69) is 0 Å². The number of pyridine rings is 1. The minimum atomic E-state index is -0.947. The van der Waals surface area contributed by atoms with Crippen molar-refractivity contribution in [2.75, 3.05) is 0 Å². The number of carbonyl (C=O) groups is 1. The van der Waals surface area contributed by atoms with Gasteiger partial charge in [-0.3, -0.25) is 4.79 Å². The lowest BCUT2D eigenvalue weighted by molar-refractivity contribution is 0.0696. The highest BCUT2D eigenvalue weighted by Crippen LogP contribution is 2.22. The molecule has 0 atom stereocenters. The summed E-state index contributed by atoms with van der Waals surface area (Å²) in [4.78, 5) is 23.3. The Morgan fingerprint density at radius 1 is 1.04 bits per heavy atom. The van der Waals surface area contributed by atoms with E-state index in [1.165, 1.54) is 6.07 Å². The molecule has 0 aliphatic rings. The molecule has 0 amide bonds. The molecule has 0 spiro atoms. The molecular formula is C20H16ClNO3. The molecule has 3 rings (SSSR count). The lowest BCUT2D eigenvalue weighted by atomic mass is 10.0. The molecule has 25 heavy (non-hydrogen) atoms. The number of rotatable bonds is 4. The van der Waals surface area contributed by atoms with Crippen LogP contribution in [0.2, 0.25) is 5.02 Å². The molecule has 0 radical (unpaired) electrons. The van der Waals surface area contributed by atoms with Gasteiger partial charge in [-0.15, -0.1) is 0 Å². The lowest BCUT2D eigenvalue weighted by Gasteiger charge is -2.10. The average molecular weight is 354 g/mol. The van der Waals surface area contributed by atoms with E-state index in [1.54, 1.807) is 48.0 Å². The molecule has 1 aromatic heterocycles. The predicted molar refractivity (Wildman–Crippen MR) is 98.4 cm³/mol. The second-order valence-corrected chi connectivity index (χ2v) is 6.28. The second kappa shape index (κ2) is 6.95. The van der Waals surface area contributed by atoms with E-state index in [-0.39, 0.29) is 11.1 Å². The zero-order valence-electron chi connectivity index (χ0n) is 13.6. The fourth-order valence-electron chi connectivity index (χ4n) is 2.70. The molecule has 1 heterocycles. The van der Waals surface area contributed by atoms with Crippen LogP contribution >= 0.6 is 11.6 Å². The van der Waals surface area contributed by atoms with Crippen LogP contribution < -0.4 is 5.56 Å². The summed E-state index contributed by atoms with van der Waals surface area (Å²) in [5.41, 5.74) is 3.55. The normalized spacial score (nSPS) is 10.6. The van der Waals surface area contributed by atoms with Crippen LogP contribution in [0.3, 0.4) is 0 Å². The topological polar surface area (TPSA) is 59.3 Å². The first-order valence-electron chi connectivity index (χ1n) is 7.73. The minimum Gasteiger partial charge on any atom is -0.478 e. The predicted octanol–water partition coefficient (Wildman–Crippen LogP) is 4.22. The van der Waals surface area contributed by atoms with Crippen LogP contribution in [0.25, 0.3) is 11.1 Å². The maximum absolute atomic E-state index is 12.1. The van der Waals surface area contributed by atoms with E-state index in [0.29, 0.717) is 17.1 Å². The molecule has 0 aliphatic heterocycles. The Kier molecular flexibility index (Phi) is 4.72. The van der Waals surface area contributed by atoms with Crippen LogP contribution in [-0.2, 0) is 6.54 Å². The van der Waals surface area contributed by atoms with Gasteiger partial charge in [-0.25, -0.2) is 4.79 Å². The van der Waals surface area contributed by atoms with Crippen LogP contribution in [0.4, 0.5) is 0 Å². The Labute approximate surface area is 149 Å². The summed E-state index contributed by atoms with van der Waals surface area (Å²) >= 11 is 5.89. The highest BCUT2D eigenvalue weighted by molar-refractivity contribution is 6.30. The first-order valence-corrected chi connectivity index (χ1v) is 8.11. The van der Waals surface area contributed by atoms with E-state index in [4.69, 9.17) is 16.7 Å². The Hall–Kier alpha value is -2.85. The van der Waals surface area contributed by atoms with Crippen molar-refractivity contribution in [3.05, 3.63) is 92.9 Å². The Morgan fingerprint density at radius 3 is 2.36 bits per heavy atom. The van der Waals surface area contributed by atoms with Crippen molar-refractivity contribution in [3.8, 4) is 11.1 Å². The number of aromatic nitrogens is 1. The maximum Gasteiger partial charge on any atom is 0.335 e. The molecular weight excluding hydrogens is 338 g/mol. The van der Waals surface area contributed by atoms with Gasteiger partial charge in [0.2, 0.25) is 0 Å². The van der Waals surface area contributed by atoms with Crippen LogP contribution in [0.15, 0.2) is 65.6 Å². The van der Waals surface area contributed by atoms with Crippen molar-refractivity contribution in [2.45, 2.75) is 13.5 Å². The van der Waals surface area contributed by atoms with Crippen LogP contribution in [-0.4, -0.2) is 15.6 Å². The van der Waals surface area contributed by atoms with Gasteiger partial charge in [0.15, 0.2) is 0 Å². The van der Waals surface area contributed by atoms with Gasteiger partial charge in [0, 0.05) is 17.3 Å². The van der Waals surface area contributed by atoms with Gasteiger partial charge in [0.05, 0.1) is 12.1 Å². The number of hydrogen-bond donors (Lipinski definition) is 1. The van der Waals surface area contributed by atoms with E-state index >= 15 is 0 Å². The summed E-state index contributed by atoms with van der Waals surface area (Å²) in [7, 11) is 0. The van der Waals surface area contributed by atoms with Gasteiger partial charge in [0.25, 0.3) is 5.56 Å². The number of benzene rings is 2. The van der Waals surface area contributed by atoms with Gasteiger partial charge < -0.3 is 9.67 Å². The summed E-state index contributed by atoms with van der Waals surface area (Å²) in [6.07, 6.45) is 1.78. The molecule has 4 nitrogen and oxygen atoms in total. The molecule has 126 valence electrons. The quantitative estimate of drug-likeness (QED) is 0.763. The monoisotopic (exact) mass is 353 g/mol. The van der Waals surface area contributed by atoms with Gasteiger partial charge in [-0.05, 0) is 53.4 Å². The Bertz CT molecular complexity index is 991. The SMILES string of the molecule is Cc1cc(-c2ccc(=O)n(Cc3ccc(Cl)cc3)c2)ccc1C(=O)O. The maximum atomic E-state index is 12.1. The lowest BCUT2D eigenvalue weighted by Crippen LogP contribution is -2.19. The molecule has 3 aromatic rings. The van der Waals surface area contributed by atoms with Crippen molar-refractivity contribution < 1.29 is 9.90 Å². The third-order valence-electron chi connectivity index (χ3n) is 4.04. The number of nitrogens with zero attached hydrogens (tertiary/aromatic N) is 1. The third-order valence-corrected chi connectivity index (χ3v) is 4.29. The number of carboxylic acids is 1. The summed E-state index contributed by atoms with van der Waals surface area (Å²) in [5.74, 6) is -0.947. The van der Waals surface area contributed by atoms with Crippen molar-refractivity contribution in [2.24, 2.45) is 0 Å². The summed E-state index contributed by atoms with van der Waals surface area (Å²) in [6.45, 7) is 2.20. The standard InChI is InChI=1S/C20H16ClNO3/c1-13-10-15(4-8-18(13)20(24)25)16-5-9-19(23)22(12-16)11-14-2-6-17(21)7-3-14/h2-10,12H,11H2,1H3,(H,24,25). The molecule has 1 N–H and O–H groups in total. The smallest absolute Gasteiger partial charge is 0.335 e. The second-order valence-electron chi connectivity index (χ2n) is 5.85. The highest BCUT2D eigenvalue weighted by atomic mass is 35.5. The molecule has 0 saturated heterocycles. The first-order chi connectivity index (χ1) is 11.9. The first kappa shape index (κ1) is 17.0. The Morgan fingerprint density at radius 2 is 1.72 bits per heavy atom. The number of aromatic carboxylic acids is 1. The molecule has 5 heteroatoms. The molecule has 0 saturated carbocycles. The summed E-state index contributed by atoms with van der Waals surface area (Å²) in [5, 5.41) is 9.79. The fraction of sp³-hybridized carbons (Fsp3) is 0.100. The third kappa shape index (κ3) is 3.80. The number of halogens is 1. The zero-order chi connectivity index (χ0) is 18.0. The average Bonchev–Trinajstić information content (AvgIpc) is 2.58. The van der Waals surface area contributed by atoms with Crippen molar-refractivity contribution in [1.82, 2.24) is 4.57 Å². The molecule has 0 aliphatic carbocycles. The fourth-order valence-corrected chi connectivity index (χ4v) is 2.82. The molecule has 2 aromatic carbocycles. The number of carboxylic acid groups (broad SMARTS) is 1. The van der Waals surface area contributed by atoms with Crippen molar-refractivity contribution >= 4 is 17.6 Å². The van der Waals surface area contributed by atoms with E-state index in [0.717, 1.165) is 16.7 Å². The molecule has 0 fully saturated rings. The summed E-state index contributed by atoms with van der Waals surface area (Å²) in [6, 6.07) is 15.8. The van der Waals surface area contributed by atoms with Crippen LogP contribution in [0, 0.1) is 6.92 Å². The molecule has 0 bridgehead atoms. The van der Waals surface area contributed by atoms with Gasteiger partial charge in [-0.1, -0.05) is 35.9 Å². The van der Waals surface area contributed by atoms with E-state index < -0.39 is 5.97 Å². The number of hydrogen-bond acceptors (Lipinski definition) is 2. The largest absolute Gasteiger partial charge is 0.478 e. The van der Waals surface area contributed by atoms with Gasteiger partial charge in [0.1, 0.15) is 0 Å². The minimum absolute atomic E-state index is 0.0995. The van der Waals surface area contributed by atoms with Gasteiger partial charge in [-0.2, -0.15) is 0 Å². The highest BCUT2D eigenvalue weighted by Gasteiger charge is 2.09. The van der Waals surface area contributed by atoms with Gasteiger partial charge >= 0.3 is 5.97 Å². The van der Waals surface area contributed by atoms with Crippen molar-refractivity contribution in [1.29, 1.82) is 0 Å². The summed E-state index contributed by atoms with van der Waals surface area (Å²) < 4.78 is 1.62. The number of aryl methyl sites for hydroxylation is 1. The van der Waals surface area contributed by atoms with Crippen molar-refractivity contribution in [3.63, 3.8) is 0 Å². The van der Waals surface area contributed by atoms with Crippen LogP contribution in [0.1, 0.15) is 21.5 Å². The van der Waals surface area contributed by atoms with E-state index in [9.17, 15) is 9.59 Å². The Balaban J connectivity index is 1.96.